The van der Waals surface area contributed by atoms with Gasteiger partial charge in [0.15, 0.2) is 17.3 Å². The van der Waals surface area contributed by atoms with Crippen molar-refractivity contribution in [1.82, 2.24) is 14.7 Å². The van der Waals surface area contributed by atoms with Crippen LogP contribution < -0.4 is 0 Å². The first-order valence-electron chi connectivity index (χ1n) is 7.44. The van der Waals surface area contributed by atoms with Gasteiger partial charge in [-0.15, -0.1) is 0 Å². The highest BCUT2D eigenvalue weighted by Crippen LogP contribution is 2.22. The Kier molecular flexibility index (Phi) is 4.12. The molecular formula is C16H17F2N3O2. The maximum atomic E-state index is 13.8. The zero-order chi connectivity index (χ0) is 16.6. The van der Waals surface area contributed by atoms with E-state index in [0.717, 1.165) is 23.2 Å². The summed E-state index contributed by atoms with van der Waals surface area (Å²) in [5.74, 6) is -1.75. The fourth-order valence-corrected chi connectivity index (χ4v) is 2.80. The Morgan fingerprint density at radius 1 is 1.35 bits per heavy atom. The third-order valence-corrected chi connectivity index (χ3v) is 4.17. The lowest BCUT2D eigenvalue weighted by Gasteiger charge is -2.16. The number of hydrogen-bond donors (Lipinski definition) is 1. The third-order valence-electron chi connectivity index (χ3n) is 4.17. The molecule has 1 aromatic carbocycles. The van der Waals surface area contributed by atoms with E-state index in [4.69, 9.17) is 0 Å². The molecule has 1 amide bonds. The number of carbonyl (C=O) groups is 1. The maximum absolute atomic E-state index is 13.8. The molecule has 0 saturated carbocycles. The van der Waals surface area contributed by atoms with E-state index in [2.05, 4.69) is 5.10 Å². The van der Waals surface area contributed by atoms with Crippen LogP contribution in [0.5, 0.6) is 0 Å². The molecule has 2 atom stereocenters. The van der Waals surface area contributed by atoms with Gasteiger partial charge in [-0.25, -0.2) is 13.5 Å². The number of nitrogens with zero attached hydrogens (tertiary/aromatic N) is 3. The summed E-state index contributed by atoms with van der Waals surface area (Å²) in [4.78, 5) is 14.0. The second kappa shape index (κ2) is 6.08. The quantitative estimate of drug-likeness (QED) is 0.940. The Morgan fingerprint density at radius 2 is 2.04 bits per heavy atom. The van der Waals surface area contributed by atoms with Crippen LogP contribution in [0.1, 0.15) is 23.8 Å². The summed E-state index contributed by atoms with van der Waals surface area (Å²) in [5, 5.41) is 13.6. The molecule has 7 heteroatoms. The van der Waals surface area contributed by atoms with Crippen molar-refractivity contribution in [2.45, 2.75) is 19.4 Å². The van der Waals surface area contributed by atoms with Crippen molar-refractivity contribution in [1.29, 1.82) is 0 Å². The molecule has 2 aromatic rings. The van der Waals surface area contributed by atoms with Gasteiger partial charge in [-0.05, 0) is 31.5 Å². The van der Waals surface area contributed by atoms with Gasteiger partial charge in [0.1, 0.15) is 5.69 Å². The number of aromatic nitrogens is 2. The Morgan fingerprint density at radius 3 is 2.65 bits per heavy atom. The number of rotatable bonds is 3. The predicted octanol–water partition coefficient (Wildman–Crippen LogP) is 1.99. The van der Waals surface area contributed by atoms with Crippen molar-refractivity contribution < 1.29 is 18.7 Å². The second-order valence-electron chi connectivity index (χ2n) is 5.76. The Bertz CT molecular complexity index is 710. The van der Waals surface area contributed by atoms with Crippen LogP contribution in [0.3, 0.4) is 0 Å². The summed E-state index contributed by atoms with van der Waals surface area (Å²) in [5.41, 5.74) is -0.186. The average molecular weight is 321 g/mol. The number of amides is 1. The fraction of sp³-hybridized carbons (Fsp3) is 0.375. The largest absolute Gasteiger partial charge is 0.393 e. The maximum Gasteiger partial charge on any atom is 0.274 e. The van der Waals surface area contributed by atoms with Crippen LogP contribution in [0, 0.1) is 17.6 Å². The van der Waals surface area contributed by atoms with Gasteiger partial charge in [0.05, 0.1) is 6.10 Å². The van der Waals surface area contributed by atoms with Crippen molar-refractivity contribution in [3.8, 4) is 5.69 Å². The van der Waals surface area contributed by atoms with Gasteiger partial charge in [-0.2, -0.15) is 5.10 Å². The number of likely N-dealkylation sites (tertiary alicyclic amines) is 1. The minimum atomic E-state index is -0.748. The van der Waals surface area contributed by atoms with Gasteiger partial charge in [0.2, 0.25) is 0 Å². The molecule has 5 nitrogen and oxygen atoms in total. The first-order valence-corrected chi connectivity index (χ1v) is 7.44. The Labute approximate surface area is 132 Å². The molecule has 0 aliphatic carbocycles. The van der Waals surface area contributed by atoms with Crippen LogP contribution in [-0.4, -0.2) is 44.9 Å². The molecule has 0 bridgehead atoms. The molecule has 0 radical (unpaired) electrons. The zero-order valence-electron chi connectivity index (χ0n) is 12.6. The van der Waals surface area contributed by atoms with Crippen LogP contribution in [0.2, 0.25) is 0 Å². The molecule has 3 rings (SSSR count). The molecule has 1 aliphatic rings. The third kappa shape index (κ3) is 2.96. The highest BCUT2D eigenvalue weighted by Gasteiger charge is 2.30. The van der Waals surface area contributed by atoms with Gasteiger partial charge in [-0.3, -0.25) is 4.79 Å². The van der Waals surface area contributed by atoms with Gasteiger partial charge in [0.25, 0.3) is 5.91 Å². The van der Waals surface area contributed by atoms with Crippen LogP contribution in [0.25, 0.3) is 5.69 Å². The molecule has 2 unspecified atom stereocenters. The van der Waals surface area contributed by atoms with E-state index in [1.807, 2.05) is 0 Å². The van der Waals surface area contributed by atoms with Crippen molar-refractivity contribution in [2.24, 2.45) is 5.92 Å². The molecule has 122 valence electrons. The minimum absolute atomic E-state index is 0.0463. The van der Waals surface area contributed by atoms with Gasteiger partial charge in [0, 0.05) is 25.2 Å². The van der Waals surface area contributed by atoms with Gasteiger partial charge in [-0.1, -0.05) is 6.07 Å². The molecule has 1 aromatic heterocycles. The molecule has 0 spiro atoms. The molecule has 1 aliphatic heterocycles. The smallest absolute Gasteiger partial charge is 0.274 e. The van der Waals surface area contributed by atoms with Gasteiger partial charge < -0.3 is 10.0 Å². The molecular weight excluding hydrogens is 304 g/mol. The standard InChI is InChI=1S/C16H17F2N3O2/c1-10(22)11-5-7-20(9-11)16(23)14-6-8-21(19-14)15-12(17)3-2-4-13(15)18/h2-4,6,8,10-11,22H,5,7,9H2,1H3. The summed E-state index contributed by atoms with van der Waals surface area (Å²) in [7, 11) is 0. The number of aliphatic hydroxyl groups excluding tert-OH is 1. The first kappa shape index (κ1) is 15.6. The summed E-state index contributed by atoms with van der Waals surface area (Å²) in [6.45, 7) is 2.70. The summed E-state index contributed by atoms with van der Waals surface area (Å²) in [6, 6.07) is 4.97. The van der Waals surface area contributed by atoms with Gasteiger partial charge >= 0.3 is 0 Å². The number of carbonyl (C=O) groups excluding carboxylic acids is 1. The number of hydrogen-bond acceptors (Lipinski definition) is 3. The van der Waals surface area contributed by atoms with E-state index in [1.54, 1.807) is 11.8 Å². The van der Waals surface area contributed by atoms with E-state index in [9.17, 15) is 18.7 Å². The van der Waals surface area contributed by atoms with Crippen LogP contribution in [0.4, 0.5) is 8.78 Å². The predicted molar refractivity (Wildman–Crippen MR) is 79.2 cm³/mol. The van der Waals surface area contributed by atoms with E-state index in [-0.39, 0.29) is 23.2 Å². The molecule has 23 heavy (non-hydrogen) atoms. The van der Waals surface area contributed by atoms with Crippen molar-refractivity contribution in [3.63, 3.8) is 0 Å². The topological polar surface area (TPSA) is 58.4 Å². The lowest BCUT2D eigenvalue weighted by molar-refractivity contribution is 0.0756. The monoisotopic (exact) mass is 321 g/mol. The second-order valence-corrected chi connectivity index (χ2v) is 5.76. The van der Waals surface area contributed by atoms with E-state index >= 15 is 0 Å². The highest BCUT2D eigenvalue weighted by molar-refractivity contribution is 5.92. The SMILES string of the molecule is CC(O)C1CCN(C(=O)c2ccn(-c3c(F)cccc3F)n2)C1. The Hall–Kier alpha value is -2.28. The van der Waals surface area contributed by atoms with Crippen LogP contribution >= 0.6 is 0 Å². The van der Waals surface area contributed by atoms with Crippen molar-refractivity contribution in [3.05, 3.63) is 47.8 Å². The zero-order valence-corrected chi connectivity index (χ0v) is 12.6. The van der Waals surface area contributed by atoms with Crippen molar-refractivity contribution in [2.75, 3.05) is 13.1 Å². The van der Waals surface area contributed by atoms with Crippen LogP contribution in [0.15, 0.2) is 30.5 Å². The number of halogens is 2. The average Bonchev–Trinajstić information content (AvgIpc) is 3.16. The Balaban J connectivity index is 1.81. The minimum Gasteiger partial charge on any atom is -0.393 e. The fourth-order valence-electron chi connectivity index (χ4n) is 2.80. The lowest BCUT2D eigenvalue weighted by Crippen LogP contribution is -2.30. The van der Waals surface area contributed by atoms with Crippen LogP contribution in [-0.2, 0) is 0 Å². The van der Waals surface area contributed by atoms with E-state index in [0.29, 0.717) is 13.1 Å². The number of para-hydroxylation sites is 1. The summed E-state index contributed by atoms with van der Waals surface area (Å²) >= 11 is 0. The molecule has 2 heterocycles. The lowest BCUT2D eigenvalue weighted by atomic mass is 10.0. The molecule has 1 N–H and O–H groups in total. The van der Waals surface area contributed by atoms with E-state index in [1.165, 1.54) is 18.3 Å². The summed E-state index contributed by atoms with van der Waals surface area (Å²) < 4.78 is 28.6. The normalized spacial score (nSPS) is 19.1. The molecule has 1 saturated heterocycles. The van der Waals surface area contributed by atoms with Crippen molar-refractivity contribution >= 4 is 5.91 Å². The summed E-state index contributed by atoms with van der Waals surface area (Å²) in [6.07, 6.45) is 1.61. The highest BCUT2D eigenvalue weighted by atomic mass is 19.1. The first-order chi connectivity index (χ1) is 11.0. The molecule has 1 fully saturated rings. The number of benzene rings is 1. The van der Waals surface area contributed by atoms with E-state index < -0.39 is 17.7 Å². The number of aliphatic hydroxyl groups is 1.